The molecule has 0 saturated heterocycles. The van der Waals surface area contributed by atoms with E-state index in [1.54, 1.807) is 48.5 Å². The minimum Gasteiger partial charge on any atom is -0.284 e. The second-order valence-corrected chi connectivity index (χ2v) is 14.3. The summed E-state index contributed by atoms with van der Waals surface area (Å²) < 4.78 is 144. The first-order valence-electron chi connectivity index (χ1n) is 14.6. The van der Waals surface area contributed by atoms with Crippen molar-refractivity contribution in [2.24, 2.45) is 0 Å². The van der Waals surface area contributed by atoms with Crippen molar-refractivity contribution in [2.45, 2.75) is 12.4 Å². The van der Waals surface area contributed by atoms with Gasteiger partial charge in [0, 0.05) is 25.1 Å². The van der Waals surface area contributed by atoms with Crippen LogP contribution in [0.2, 0.25) is 0 Å². The summed E-state index contributed by atoms with van der Waals surface area (Å²) in [5.74, 6) is -2.20. The lowest BCUT2D eigenvalue weighted by molar-refractivity contribution is -0.146. The largest absolute Gasteiger partial charge is 0.452 e. The fraction of sp³-hybridized carbons (Fsp3) is 0.200. The highest BCUT2D eigenvalue weighted by Crippen LogP contribution is 2.31. The molecule has 6 aromatic rings. The van der Waals surface area contributed by atoms with Crippen LogP contribution in [0.15, 0.2) is 85.2 Å². The summed E-state index contributed by atoms with van der Waals surface area (Å²) in [5.41, 5.74) is 3.28. The number of nitrogens with one attached hydrogen (secondary N) is 1. The van der Waals surface area contributed by atoms with Gasteiger partial charge in [0.25, 0.3) is 0 Å². The Balaban J connectivity index is 0.000000217. The van der Waals surface area contributed by atoms with Crippen molar-refractivity contribution >= 4 is 42.7 Å². The van der Waals surface area contributed by atoms with Gasteiger partial charge in [-0.25, -0.2) is 16.8 Å². The second kappa shape index (κ2) is 14.5. The number of anilines is 2. The highest BCUT2D eigenvalue weighted by molar-refractivity contribution is 7.92. The molecule has 0 spiro atoms. The predicted octanol–water partition coefficient (Wildman–Crippen LogP) is 6.18. The van der Waals surface area contributed by atoms with Crippen molar-refractivity contribution in [1.29, 1.82) is 0 Å². The molecular weight excluding hydrogens is 734 g/mol. The number of benzene rings is 2. The van der Waals surface area contributed by atoms with Crippen molar-refractivity contribution in [3.63, 3.8) is 0 Å². The average molecular weight is 762 g/mol. The zero-order chi connectivity index (χ0) is 38.6. The molecule has 1 N–H and O–H groups in total. The van der Waals surface area contributed by atoms with Gasteiger partial charge < -0.3 is 0 Å². The van der Waals surface area contributed by atoms with Crippen LogP contribution in [0, 0.1) is 0 Å². The Bertz CT molecular complexity index is 2390. The molecule has 0 fully saturated rings. The van der Waals surface area contributed by atoms with E-state index in [1.807, 2.05) is 0 Å². The maximum atomic E-state index is 13.0. The first-order valence-corrected chi connectivity index (χ1v) is 17.7. The van der Waals surface area contributed by atoms with E-state index in [-0.39, 0.29) is 11.3 Å². The van der Waals surface area contributed by atoms with Gasteiger partial charge in [-0.15, -0.1) is 20.4 Å². The monoisotopic (exact) mass is 761 g/mol. The highest BCUT2D eigenvalue weighted by atomic mass is 32.2. The molecule has 0 aliphatic heterocycles. The van der Waals surface area contributed by atoms with Crippen LogP contribution in [-0.4, -0.2) is 72.7 Å². The van der Waals surface area contributed by atoms with E-state index in [9.17, 15) is 47.6 Å². The lowest BCUT2D eigenvalue weighted by Crippen LogP contribution is -2.24. The zero-order valence-electron chi connectivity index (χ0n) is 27.5. The standard InChI is InChI=1S/C15H13F3N4O2S.C14H11F3N4O2S.CH3F/c1-21(25(2,23)24)12-6-3-10(4-7-12)11-5-8-13-19-20-14(15(16,17)18)22(13)9-11;1-24(22,23)20-11-5-2-9(3-6-11)10-4-7-12-18-19-13(14(15,16)17)21(12)8-10;1-2/h3-9H,1-2H3;2-8,20H,1H3;1H3/i;;1D. The third kappa shape index (κ3) is 9.28. The quantitative estimate of drug-likeness (QED) is 0.198. The Hall–Kier alpha value is -5.31. The summed E-state index contributed by atoms with van der Waals surface area (Å²) in [6.45, 7) is 0. The Morgan fingerprint density at radius 2 is 1.02 bits per heavy atom. The molecule has 0 aliphatic carbocycles. The van der Waals surface area contributed by atoms with E-state index in [4.69, 9.17) is 1.37 Å². The molecule has 0 saturated carbocycles. The number of fused-ring (bicyclic) bond motifs is 2. The summed E-state index contributed by atoms with van der Waals surface area (Å²) >= 11 is 0. The van der Waals surface area contributed by atoms with Crippen LogP contribution in [0.1, 0.15) is 13.0 Å². The molecule has 272 valence electrons. The smallest absolute Gasteiger partial charge is 0.284 e. The SMILES string of the molecule is CN(c1ccc(-c2ccc3nnc(C(F)(F)F)n3c2)cc1)S(C)(=O)=O.CS(=O)(=O)Nc1ccc(-c2ccc3nnc(C(F)(F)F)n3c2)cc1.[2H]CF. The lowest BCUT2D eigenvalue weighted by atomic mass is 10.1. The van der Waals surface area contributed by atoms with Crippen LogP contribution in [0.25, 0.3) is 33.5 Å². The number of hydrogen-bond acceptors (Lipinski definition) is 8. The van der Waals surface area contributed by atoms with E-state index >= 15 is 0 Å². The van der Waals surface area contributed by atoms with Gasteiger partial charge in [0.15, 0.2) is 11.3 Å². The number of alkyl halides is 7. The molecule has 0 aliphatic rings. The van der Waals surface area contributed by atoms with Gasteiger partial charge in [-0.2, -0.15) is 26.3 Å². The first kappa shape index (κ1) is 37.0. The lowest BCUT2D eigenvalue weighted by Gasteiger charge is -2.16. The van der Waals surface area contributed by atoms with Gasteiger partial charge >= 0.3 is 12.4 Å². The van der Waals surface area contributed by atoms with Crippen LogP contribution in [0.5, 0.6) is 0 Å². The van der Waals surface area contributed by atoms with Gasteiger partial charge in [0.1, 0.15) is 0 Å². The number of nitrogens with zero attached hydrogens (tertiary/aromatic N) is 7. The number of hydrogen-bond donors (Lipinski definition) is 1. The molecule has 0 amide bonds. The Morgan fingerprint density at radius 1 is 0.647 bits per heavy atom. The molecule has 0 atom stereocenters. The van der Waals surface area contributed by atoms with Gasteiger partial charge in [0.2, 0.25) is 31.7 Å². The molecule has 0 unspecified atom stereocenters. The topological polar surface area (TPSA) is 144 Å². The summed E-state index contributed by atoms with van der Waals surface area (Å²) in [6.07, 6.45) is -4.52. The van der Waals surface area contributed by atoms with Gasteiger partial charge in [-0.3, -0.25) is 22.2 Å². The molecule has 2 aromatic carbocycles. The number of rotatable bonds is 6. The van der Waals surface area contributed by atoms with E-state index in [1.165, 1.54) is 43.7 Å². The summed E-state index contributed by atoms with van der Waals surface area (Å²) in [6, 6.07) is 18.8. The Kier molecular flexibility index (Phi) is 10.5. The second-order valence-electron chi connectivity index (χ2n) is 10.6. The fourth-order valence-electron chi connectivity index (χ4n) is 4.51. The molecule has 0 bridgehead atoms. The zero-order valence-corrected chi connectivity index (χ0v) is 28.1. The predicted molar refractivity (Wildman–Crippen MR) is 176 cm³/mol. The Morgan fingerprint density at radius 3 is 1.37 bits per heavy atom. The molecule has 4 heterocycles. The third-order valence-electron chi connectivity index (χ3n) is 6.89. The summed E-state index contributed by atoms with van der Waals surface area (Å²) in [5, 5.41) is 13.3. The maximum absolute atomic E-state index is 13.0. The van der Waals surface area contributed by atoms with E-state index in [0.717, 1.165) is 25.6 Å². The van der Waals surface area contributed by atoms with Gasteiger partial charge in [0.05, 0.1) is 26.7 Å². The van der Waals surface area contributed by atoms with Crippen molar-refractivity contribution < 1.29 is 48.9 Å². The van der Waals surface area contributed by atoms with Crippen LogP contribution in [-0.2, 0) is 32.4 Å². The Labute approximate surface area is 287 Å². The van der Waals surface area contributed by atoms with E-state index in [0.29, 0.717) is 33.6 Å². The highest BCUT2D eigenvalue weighted by Gasteiger charge is 2.37. The van der Waals surface area contributed by atoms with Crippen molar-refractivity contribution in [3.05, 3.63) is 96.8 Å². The van der Waals surface area contributed by atoms with Crippen LogP contribution in [0.3, 0.4) is 0 Å². The normalized spacial score (nSPS) is 12.4. The molecule has 0 radical (unpaired) electrons. The third-order valence-corrected chi connectivity index (χ3v) is 8.71. The minimum atomic E-state index is -4.61. The summed E-state index contributed by atoms with van der Waals surface area (Å²) in [7, 11) is -6.36. The number of aromatic nitrogens is 6. The van der Waals surface area contributed by atoms with E-state index < -0.39 is 51.2 Å². The number of halogens is 7. The molecule has 21 heteroatoms. The fourth-order valence-corrected chi connectivity index (χ4v) is 5.58. The summed E-state index contributed by atoms with van der Waals surface area (Å²) in [4.78, 5) is 0. The molecular formula is C30H27F7N8O4S2. The number of pyridine rings is 2. The van der Waals surface area contributed by atoms with Crippen molar-refractivity contribution in [2.75, 3.05) is 35.7 Å². The van der Waals surface area contributed by atoms with Crippen LogP contribution in [0.4, 0.5) is 42.1 Å². The van der Waals surface area contributed by atoms with Gasteiger partial charge in [-0.05, 0) is 70.8 Å². The van der Waals surface area contributed by atoms with E-state index in [2.05, 4.69) is 25.1 Å². The molecule has 12 nitrogen and oxygen atoms in total. The molecule has 4 aromatic heterocycles. The maximum Gasteiger partial charge on any atom is 0.452 e. The van der Waals surface area contributed by atoms with Crippen molar-refractivity contribution in [1.82, 2.24) is 29.2 Å². The first-order chi connectivity index (χ1) is 24.1. The van der Waals surface area contributed by atoms with Crippen LogP contribution < -0.4 is 9.03 Å². The molecule has 6 rings (SSSR count). The number of sulfonamides is 2. The molecule has 51 heavy (non-hydrogen) atoms. The minimum absolute atomic E-state index is 0.0847. The van der Waals surface area contributed by atoms with Crippen LogP contribution >= 0.6 is 0 Å². The van der Waals surface area contributed by atoms with Crippen molar-refractivity contribution in [3.8, 4) is 22.3 Å². The average Bonchev–Trinajstić information content (AvgIpc) is 3.69. The van der Waals surface area contributed by atoms with Gasteiger partial charge in [-0.1, -0.05) is 24.3 Å².